The van der Waals surface area contributed by atoms with Crippen LogP contribution in [-0.4, -0.2) is 15.9 Å². The van der Waals surface area contributed by atoms with Gasteiger partial charge in [0, 0.05) is 23.3 Å². The van der Waals surface area contributed by atoms with E-state index in [0.717, 1.165) is 23.5 Å². The van der Waals surface area contributed by atoms with E-state index in [2.05, 4.69) is 29.1 Å². The van der Waals surface area contributed by atoms with E-state index in [4.69, 9.17) is 5.73 Å². The summed E-state index contributed by atoms with van der Waals surface area (Å²) in [5, 5.41) is 2.85. The molecule has 1 amide bonds. The van der Waals surface area contributed by atoms with Gasteiger partial charge in [0.25, 0.3) is 5.91 Å². The molecule has 0 spiro atoms. The molecule has 1 heterocycles. The molecule has 0 bridgehead atoms. The number of hydrogen-bond acceptors (Lipinski definition) is 4. The number of rotatable bonds is 5. The Morgan fingerprint density at radius 1 is 1.21 bits per heavy atom. The summed E-state index contributed by atoms with van der Waals surface area (Å²) in [6.07, 6.45) is 2.33. The van der Waals surface area contributed by atoms with E-state index in [-0.39, 0.29) is 11.5 Å². The van der Waals surface area contributed by atoms with Crippen LogP contribution in [0.25, 0.3) is 5.57 Å². The molecule has 0 aliphatic rings. The third kappa shape index (κ3) is 4.19. The molecule has 2 aromatic rings. The molecule has 1 aromatic heterocycles. The molecule has 0 aliphatic carbocycles. The van der Waals surface area contributed by atoms with Crippen molar-refractivity contribution in [3.8, 4) is 0 Å². The quantitative estimate of drug-likeness (QED) is 0.824. The maximum Gasteiger partial charge on any atom is 0.260 e. The van der Waals surface area contributed by atoms with E-state index in [0.29, 0.717) is 11.7 Å². The fourth-order valence-electron chi connectivity index (χ4n) is 2.43. The van der Waals surface area contributed by atoms with E-state index in [1.807, 2.05) is 44.2 Å². The van der Waals surface area contributed by atoms with Gasteiger partial charge in [0.05, 0.1) is 5.57 Å². The lowest BCUT2D eigenvalue weighted by molar-refractivity contribution is -0.111. The Balaban J connectivity index is 2.18. The number of amides is 1. The highest BCUT2D eigenvalue weighted by Gasteiger charge is 2.16. The number of carbonyl (C=O) groups excluding carboxylic acids is 1. The fraction of sp³-hybridized carbons (Fsp3) is 0.316. The van der Waals surface area contributed by atoms with Crippen molar-refractivity contribution in [1.29, 1.82) is 0 Å². The summed E-state index contributed by atoms with van der Waals surface area (Å²) < 4.78 is 0. The van der Waals surface area contributed by atoms with Crippen LogP contribution in [0.15, 0.2) is 36.5 Å². The van der Waals surface area contributed by atoms with Crippen LogP contribution >= 0.6 is 0 Å². The molecule has 24 heavy (non-hydrogen) atoms. The molecule has 5 nitrogen and oxygen atoms in total. The zero-order chi connectivity index (χ0) is 17.7. The van der Waals surface area contributed by atoms with Gasteiger partial charge in [-0.05, 0) is 49.9 Å². The smallest absolute Gasteiger partial charge is 0.260 e. The van der Waals surface area contributed by atoms with E-state index >= 15 is 0 Å². The van der Waals surface area contributed by atoms with Crippen molar-refractivity contribution in [2.75, 3.05) is 5.32 Å². The Morgan fingerprint density at radius 2 is 1.79 bits per heavy atom. The fourth-order valence-corrected chi connectivity index (χ4v) is 2.43. The molecule has 5 heteroatoms. The van der Waals surface area contributed by atoms with Crippen molar-refractivity contribution in [2.24, 2.45) is 5.73 Å². The van der Waals surface area contributed by atoms with Crippen LogP contribution in [0, 0.1) is 13.8 Å². The van der Waals surface area contributed by atoms with Gasteiger partial charge in [-0.25, -0.2) is 9.97 Å². The second kappa shape index (κ2) is 7.73. The largest absolute Gasteiger partial charge is 0.404 e. The number of benzene rings is 1. The Labute approximate surface area is 143 Å². The summed E-state index contributed by atoms with van der Waals surface area (Å²) in [5.74, 6) is 0.514. The second-order valence-corrected chi connectivity index (χ2v) is 5.94. The zero-order valence-corrected chi connectivity index (χ0v) is 14.6. The molecule has 0 radical (unpaired) electrons. The van der Waals surface area contributed by atoms with Crippen LogP contribution < -0.4 is 11.1 Å². The Morgan fingerprint density at radius 3 is 2.29 bits per heavy atom. The monoisotopic (exact) mass is 324 g/mol. The van der Waals surface area contributed by atoms with Crippen LogP contribution in [0.2, 0.25) is 0 Å². The number of anilines is 1. The van der Waals surface area contributed by atoms with Crippen molar-refractivity contribution < 1.29 is 4.79 Å². The molecule has 0 saturated heterocycles. The number of nitrogens with one attached hydrogen (secondary N) is 1. The van der Waals surface area contributed by atoms with Gasteiger partial charge in [-0.1, -0.05) is 26.0 Å². The van der Waals surface area contributed by atoms with E-state index in [1.165, 1.54) is 11.8 Å². The lowest BCUT2D eigenvalue weighted by Crippen LogP contribution is -2.17. The molecule has 1 atom stereocenters. The maximum absolute atomic E-state index is 12.5. The normalized spacial score (nSPS) is 12.8. The predicted molar refractivity (Wildman–Crippen MR) is 97.4 cm³/mol. The first-order valence-electron chi connectivity index (χ1n) is 8.10. The topological polar surface area (TPSA) is 80.9 Å². The molecule has 1 unspecified atom stereocenters. The molecule has 0 aliphatic heterocycles. The molecule has 0 fully saturated rings. The molecule has 2 rings (SSSR count). The van der Waals surface area contributed by atoms with Gasteiger partial charge in [0.2, 0.25) is 0 Å². The Bertz CT molecular complexity index is 730. The standard InChI is InChI=1S/C19H24N4O/c1-5-12(2)15-6-8-16(9-7-15)23-19(24)17(11-20)18-21-13(3)10-14(4)22-18/h6-12H,5,20H2,1-4H3,(H,23,24). The van der Waals surface area contributed by atoms with Crippen LogP contribution in [0.3, 0.4) is 0 Å². The minimum Gasteiger partial charge on any atom is -0.404 e. The lowest BCUT2D eigenvalue weighted by atomic mass is 9.98. The van der Waals surface area contributed by atoms with E-state index < -0.39 is 0 Å². The third-order valence-corrected chi connectivity index (χ3v) is 3.98. The van der Waals surface area contributed by atoms with Gasteiger partial charge in [0.15, 0.2) is 5.82 Å². The van der Waals surface area contributed by atoms with Crippen molar-refractivity contribution in [3.05, 3.63) is 59.3 Å². The first-order chi connectivity index (χ1) is 11.4. The predicted octanol–water partition coefficient (Wildman–Crippen LogP) is 3.55. The number of aryl methyl sites for hydroxylation is 2. The van der Waals surface area contributed by atoms with Crippen LogP contribution in [0.5, 0.6) is 0 Å². The molecule has 0 saturated carbocycles. The average Bonchev–Trinajstić information content (AvgIpc) is 2.54. The summed E-state index contributed by atoms with van der Waals surface area (Å²) in [5.41, 5.74) is 9.45. The average molecular weight is 324 g/mol. The minimum atomic E-state index is -0.321. The van der Waals surface area contributed by atoms with Crippen molar-refractivity contribution >= 4 is 17.2 Å². The van der Waals surface area contributed by atoms with Crippen molar-refractivity contribution in [2.45, 2.75) is 40.0 Å². The molecule has 126 valence electrons. The second-order valence-electron chi connectivity index (χ2n) is 5.94. The van der Waals surface area contributed by atoms with Gasteiger partial charge in [0.1, 0.15) is 0 Å². The highest BCUT2D eigenvalue weighted by molar-refractivity contribution is 6.24. The first-order valence-corrected chi connectivity index (χ1v) is 8.10. The van der Waals surface area contributed by atoms with Gasteiger partial charge in [-0.2, -0.15) is 0 Å². The van der Waals surface area contributed by atoms with Gasteiger partial charge >= 0.3 is 0 Å². The molecule has 1 aromatic carbocycles. The minimum absolute atomic E-state index is 0.257. The van der Waals surface area contributed by atoms with Gasteiger partial charge < -0.3 is 11.1 Å². The molecular formula is C19H24N4O. The Kier molecular flexibility index (Phi) is 5.68. The third-order valence-electron chi connectivity index (χ3n) is 3.98. The number of nitrogens with two attached hydrogens (primary N) is 1. The number of hydrogen-bond donors (Lipinski definition) is 2. The van der Waals surface area contributed by atoms with E-state index in [1.54, 1.807) is 0 Å². The highest BCUT2D eigenvalue weighted by Crippen LogP contribution is 2.21. The summed E-state index contributed by atoms with van der Waals surface area (Å²) >= 11 is 0. The summed E-state index contributed by atoms with van der Waals surface area (Å²) in [6, 6.07) is 9.71. The van der Waals surface area contributed by atoms with Gasteiger partial charge in [-0.3, -0.25) is 4.79 Å². The first kappa shape index (κ1) is 17.7. The molecular weight excluding hydrogens is 300 g/mol. The lowest BCUT2D eigenvalue weighted by Gasteiger charge is -2.11. The summed E-state index contributed by atoms with van der Waals surface area (Å²) in [4.78, 5) is 21.1. The van der Waals surface area contributed by atoms with Crippen molar-refractivity contribution in [3.63, 3.8) is 0 Å². The highest BCUT2D eigenvalue weighted by atomic mass is 16.1. The Hall–Kier alpha value is -2.69. The van der Waals surface area contributed by atoms with Crippen LogP contribution in [-0.2, 0) is 4.79 Å². The summed E-state index contributed by atoms with van der Waals surface area (Å²) in [7, 11) is 0. The number of nitrogens with zero attached hydrogens (tertiary/aromatic N) is 2. The van der Waals surface area contributed by atoms with Gasteiger partial charge in [-0.15, -0.1) is 0 Å². The molecule has 3 N–H and O–H groups in total. The van der Waals surface area contributed by atoms with Crippen LogP contribution in [0.4, 0.5) is 5.69 Å². The SMILES string of the molecule is CCC(C)c1ccc(NC(=O)C(=CN)c2nc(C)cc(C)n2)cc1. The maximum atomic E-state index is 12.5. The number of carbonyl (C=O) groups is 1. The van der Waals surface area contributed by atoms with Crippen molar-refractivity contribution in [1.82, 2.24) is 9.97 Å². The summed E-state index contributed by atoms with van der Waals surface area (Å²) in [6.45, 7) is 8.05. The van der Waals surface area contributed by atoms with Crippen LogP contribution in [0.1, 0.15) is 49.0 Å². The van der Waals surface area contributed by atoms with E-state index in [9.17, 15) is 4.79 Å². The zero-order valence-electron chi connectivity index (χ0n) is 14.6. The number of aromatic nitrogens is 2.